The van der Waals surface area contributed by atoms with Crippen molar-refractivity contribution in [3.8, 4) is 0 Å². The third-order valence-electron chi connectivity index (χ3n) is 4.87. The normalized spacial score (nSPS) is 17.2. The maximum atomic E-state index is 12.7. The van der Waals surface area contributed by atoms with E-state index in [4.69, 9.17) is 4.74 Å². The van der Waals surface area contributed by atoms with Crippen molar-refractivity contribution in [1.82, 2.24) is 19.9 Å². The molecule has 6 nitrogen and oxygen atoms in total. The number of thioether (sulfide) groups is 1. The SMILES string of the molecule is Cc1ccc2nc(SCC(=O)N3CCCC(OCc4ccccn4)C3)[nH]c2c1. The summed E-state index contributed by atoms with van der Waals surface area (Å²) in [6.07, 6.45) is 3.78. The Balaban J connectivity index is 1.28. The number of piperidine rings is 1. The quantitative estimate of drug-likeness (QED) is 0.645. The number of fused-ring (bicyclic) bond motifs is 1. The van der Waals surface area contributed by atoms with Crippen LogP contribution < -0.4 is 0 Å². The van der Waals surface area contributed by atoms with E-state index in [9.17, 15) is 4.79 Å². The zero-order chi connectivity index (χ0) is 19.3. The van der Waals surface area contributed by atoms with E-state index in [2.05, 4.69) is 27.9 Å². The number of benzene rings is 1. The third-order valence-corrected chi connectivity index (χ3v) is 5.73. The summed E-state index contributed by atoms with van der Waals surface area (Å²) in [5, 5.41) is 0.786. The predicted molar refractivity (Wildman–Crippen MR) is 110 cm³/mol. The van der Waals surface area contributed by atoms with Crippen molar-refractivity contribution in [1.29, 1.82) is 0 Å². The van der Waals surface area contributed by atoms with Crippen LogP contribution in [0.3, 0.4) is 0 Å². The Morgan fingerprint density at radius 2 is 2.29 bits per heavy atom. The van der Waals surface area contributed by atoms with Crippen LogP contribution in [-0.4, -0.2) is 50.7 Å². The van der Waals surface area contributed by atoms with Crippen LogP contribution in [0.4, 0.5) is 0 Å². The highest BCUT2D eigenvalue weighted by atomic mass is 32.2. The summed E-state index contributed by atoms with van der Waals surface area (Å²) in [7, 11) is 0. The van der Waals surface area contributed by atoms with Gasteiger partial charge in [0, 0.05) is 19.3 Å². The zero-order valence-electron chi connectivity index (χ0n) is 15.9. The summed E-state index contributed by atoms with van der Waals surface area (Å²) in [5.74, 6) is 0.513. The summed E-state index contributed by atoms with van der Waals surface area (Å²) in [6, 6.07) is 11.9. The molecule has 4 rings (SSSR count). The molecule has 3 heterocycles. The first-order valence-corrected chi connectivity index (χ1v) is 10.5. The van der Waals surface area contributed by atoms with Gasteiger partial charge in [0.15, 0.2) is 5.16 Å². The van der Waals surface area contributed by atoms with E-state index < -0.39 is 0 Å². The van der Waals surface area contributed by atoms with Crippen molar-refractivity contribution in [3.63, 3.8) is 0 Å². The lowest BCUT2D eigenvalue weighted by molar-refractivity contribution is -0.132. The number of nitrogens with zero attached hydrogens (tertiary/aromatic N) is 3. The van der Waals surface area contributed by atoms with Gasteiger partial charge >= 0.3 is 0 Å². The Labute approximate surface area is 168 Å². The number of ether oxygens (including phenoxy) is 1. The van der Waals surface area contributed by atoms with Crippen LogP contribution in [0.5, 0.6) is 0 Å². The molecule has 1 fully saturated rings. The molecule has 146 valence electrons. The fourth-order valence-electron chi connectivity index (χ4n) is 3.38. The number of likely N-dealkylation sites (tertiary alicyclic amines) is 1. The molecule has 1 aliphatic heterocycles. The van der Waals surface area contributed by atoms with Crippen molar-refractivity contribution < 1.29 is 9.53 Å². The molecule has 1 N–H and O–H groups in total. The molecule has 0 radical (unpaired) electrons. The molecule has 1 saturated heterocycles. The first kappa shape index (κ1) is 19.0. The van der Waals surface area contributed by atoms with Gasteiger partial charge < -0.3 is 14.6 Å². The van der Waals surface area contributed by atoms with E-state index in [1.807, 2.05) is 35.2 Å². The molecule has 1 amide bonds. The molecular weight excluding hydrogens is 372 g/mol. The fraction of sp³-hybridized carbons (Fsp3) is 0.381. The van der Waals surface area contributed by atoms with E-state index in [1.54, 1.807) is 6.20 Å². The third kappa shape index (κ3) is 4.72. The van der Waals surface area contributed by atoms with E-state index >= 15 is 0 Å². The summed E-state index contributed by atoms with van der Waals surface area (Å²) >= 11 is 1.46. The van der Waals surface area contributed by atoms with Gasteiger partial charge in [0.05, 0.1) is 35.2 Å². The van der Waals surface area contributed by atoms with Crippen molar-refractivity contribution in [2.24, 2.45) is 0 Å². The van der Waals surface area contributed by atoms with Crippen molar-refractivity contribution in [2.75, 3.05) is 18.8 Å². The lowest BCUT2D eigenvalue weighted by Gasteiger charge is -2.32. The number of hydrogen-bond acceptors (Lipinski definition) is 5. The number of imidazole rings is 1. The maximum Gasteiger partial charge on any atom is 0.233 e. The topological polar surface area (TPSA) is 71.1 Å². The molecule has 1 unspecified atom stereocenters. The zero-order valence-corrected chi connectivity index (χ0v) is 16.7. The van der Waals surface area contributed by atoms with E-state index in [0.717, 1.165) is 41.3 Å². The minimum Gasteiger partial charge on any atom is -0.370 e. The molecule has 0 aliphatic carbocycles. The Hall–Kier alpha value is -2.38. The predicted octanol–water partition coefficient (Wildman–Crippen LogP) is 3.57. The average molecular weight is 397 g/mol. The minimum atomic E-state index is 0.0684. The number of carbonyl (C=O) groups is 1. The van der Waals surface area contributed by atoms with Gasteiger partial charge in [-0.15, -0.1) is 0 Å². The first-order valence-electron chi connectivity index (χ1n) is 9.56. The van der Waals surface area contributed by atoms with Gasteiger partial charge in [-0.05, 0) is 49.6 Å². The number of aryl methyl sites for hydroxylation is 1. The van der Waals surface area contributed by atoms with E-state index in [-0.39, 0.29) is 12.0 Å². The molecule has 28 heavy (non-hydrogen) atoms. The molecule has 2 aromatic heterocycles. The Morgan fingerprint density at radius 1 is 1.36 bits per heavy atom. The van der Waals surface area contributed by atoms with Crippen LogP contribution in [0.25, 0.3) is 11.0 Å². The number of nitrogens with one attached hydrogen (secondary N) is 1. The number of hydrogen-bond donors (Lipinski definition) is 1. The van der Waals surface area contributed by atoms with Gasteiger partial charge in [0.2, 0.25) is 5.91 Å². The highest BCUT2D eigenvalue weighted by molar-refractivity contribution is 7.99. The maximum absolute atomic E-state index is 12.7. The first-order chi connectivity index (χ1) is 13.7. The van der Waals surface area contributed by atoms with Crippen LogP contribution >= 0.6 is 11.8 Å². The number of aromatic amines is 1. The van der Waals surface area contributed by atoms with Crippen molar-refractivity contribution in [3.05, 3.63) is 53.9 Å². The Morgan fingerprint density at radius 3 is 3.14 bits per heavy atom. The largest absolute Gasteiger partial charge is 0.370 e. The number of aromatic nitrogens is 3. The summed E-state index contributed by atoms with van der Waals surface area (Å²) in [5.41, 5.74) is 4.05. The van der Waals surface area contributed by atoms with E-state index in [1.165, 1.54) is 17.3 Å². The highest BCUT2D eigenvalue weighted by Gasteiger charge is 2.24. The van der Waals surface area contributed by atoms with Gasteiger partial charge in [0.1, 0.15) is 0 Å². The number of H-pyrrole nitrogens is 1. The molecule has 3 aromatic rings. The number of pyridine rings is 1. The average Bonchev–Trinajstić information content (AvgIpc) is 3.13. The number of amides is 1. The van der Waals surface area contributed by atoms with Crippen LogP contribution in [0.15, 0.2) is 47.8 Å². The van der Waals surface area contributed by atoms with Crippen LogP contribution in [-0.2, 0) is 16.1 Å². The smallest absolute Gasteiger partial charge is 0.233 e. The molecular formula is C21H24N4O2S. The highest BCUT2D eigenvalue weighted by Crippen LogP contribution is 2.22. The summed E-state index contributed by atoms with van der Waals surface area (Å²) in [6.45, 7) is 3.98. The Bertz CT molecular complexity index is 944. The van der Waals surface area contributed by atoms with Crippen LogP contribution in [0.2, 0.25) is 0 Å². The molecule has 0 bridgehead atoms. The minimum absolute atomic E-state index is 0.0684. The summed E-state index contributed by atoms with van der Waals surface area (Å²) in [4.78, 5) is 26.7. The van der Waals surface area contributed by atoms with Crippen molar-refractivity contribution in [2.45, 2.75) is 37.6 Å². The van der Waals surface area contributed by atoms with Gasteiger partial charge in [-0.3, -0.25) is 9.78 Å². The fourth-order valence-corrected chi connectivity index (χ4v) is 4.17. The summed E-state index contributed by atoms with van der Waals surface area (Å²) < 4.78 is 5.98. The second-order valence-electron chi connectivity index (χ2n) is 7.09. The molecule has 7 heteroatoms. The second-order valence-corrected chi connectivity index (χ2v) is 8.05. The molecule has 0 saturated carbocycles. The van der Waals surface area contributed by atoms with Crippen LogP contribution in [0, 0.1) is 6.92 Å². The molecule has 1 aliphatic rings. The number of carbonyl (C=O) groups excluding carboxylic acids is 1. The van der Waals surface area contributed by atoms with Crippen LogP contribution in [0.1, 0.15) is 24.1 Å². The number of rotatable bonds is 6. The molecule has 1 atom stereocenters. The monoisotopic (exact) mass is 396 g/mol. The lowest BCUT2D eigenvalue weighted by Crippen LogP contribution is -2.44. The Kier molecular flexibility index (Phi) is 5.92. The molecule has 1 aromatic carbocycles. The standard InChI is InChI=1S/C21H24N4O2S/c1-15-7-8-18-19(11-15)24-21(23-18)28-14-20(26)25-10-4-6-17(12-25)27-13-16-5-2-3-9-22-16/h2-3,5,7-9,11,17H,4,6,10,12-14H2,1H3,(H,23,24). The van der Waals surface area contributed by atoms with Gasteiger partial charge in [-0.25, -0.2) is 4.98 Å². The van der Waals surface area contributed by atoms with Crippen molar-refractivity contribution >= 4 is 28.7 Å². The lowest BCUT2D eigenvalue weighted by atomic mass is 10.1. The van der Waals surface area contributed by atoms with Gasteiger partial charge in [0.25, 0.3) is 0 Å². The van der Waals surface area contributed by atoms with Gasteiger partial charge in [-0.1, -0.05) is 23.9 Å². The second kappa shape index (κ2) is 8.75. The molecule has 0 spiro atoms. The van der Waals surface area contributed by atoms with Gasteiger partial charge in [-0.2, -0.15) is 0 Å². The van der Waals surface area contributed by atoms with E-state index in [0.29, 0.717) is 18.9 Å².